The first kappa shape index (κ1) is 14.4. The number of rotatable bonds is 7. The predicted molar refractivity (Wildman–Crippen MR) is 63.1 cm³/mol. The van der Waals surface area contributed by atoms with Crippen LogP contribution in [0.25, 0.3) is 0 Å². The molecule has 4 nitrogen and oxygen atoms in total. The van der Waals surface area contributed by atoms with Crippen molar-refractivity contribution in [2.24, 2.45) is 0 Å². The molecule has 1 aromatic rings. The molecule has 7 heteroatoms. The third-order valence-electron chi connectivity index (χ3n) is 1.87. The van der Waals surface area contributed by atoms with Crippen molar-refractivity contribution in [3.8, 4) is 0 Å². The molecule has 0 fully saturated rings. The van der Waals surface area contributed by atoms with Gasteiger partial charge in [-0.05, 0) is 18.2 Å². The van der Waals surface area contributed by atoms with Crippen LogP contribution in [0.4, 0.5) is 4.39 Å². The van der Waals surface area contributed by atoms with E-state index in [1.807, 2.05) is 0 Å². The van der Waals surface area contributed by atoms with Crippen molar-refractivity contribution < 1.29 is 17.5 Å². The van der Waals surface area contributed by atoms with Gasteiger partial charge in [-0.15, -0.1) is 11.6 Å². The average Bonchev–Trinajstić information content (AvgIpc) is 2.29. The molecule has 0 aliphatic heterocycles. The SMILES string of the molecule is O=S(=O)(NCCOCCCl)c1cccc(F)c1. The molecule has 0 heterocycles. The number of hydrogen-bond donors (Lipinski definition) is 1. The van der Waals surface area contributed by atoms with Crippen LogP contribution < -0.4 is 4.72 Å². The molecule has 0 amide bonds. The molecular formula is C10H13ClFNO3S. The summed E-state index contributed by atoms with van der Waals surface area (Å²) in [7, 11) is -3.67. The smallest absolute Gasteiger partial charge is 0.240 e. The van der Waals surface area contributed by atoms with Crippen LogP contribution in [0.15, 0.2) is 29.2 Å². The minimum atomic E-state index is -3.67. The van der Waals surface area contributed by atoms with Crippen molar-refractivity contribution in [1.29, 1.82) is 0 Å². The van der Waals surface area contributed by atoms with Crippen LogP contribution in [-0.4, -0.2) is 34.1 Å². The zero-order chi connectivity index (χ0) is 12.7. The van der Waals surface area contributed by atoms with Crippen LogP contribution in [0, 0.1) is 5.82 Å². The van der Waals surface area contributed by atoms with Crippen LogP contribution in [0.3, 0.4) is 0 Å². The lowest BCUT2D eigenvalue weighted by Gasteiger charge is -2.06. The maximum Gasteiger partial charge on any atom is 0.240 e. The number of alkyl halides is 1. The predicted octanol–water partition coefficient (Wildman–Crippen LogP) is 1.36. The number of halogens is 2. The molecule has 0 bridgehead atoms. The lowest BCUT2D eigenvalue weighted by Crippen LogP contribution is -2.27. The number of ether oxygens (including phenoxy) is 1. The lowest BCUT2D eigenvalue weighted by atomic mass is 10.4. The van der Waals surface area contributed by atoms with E-state index in [2.05, 4.69) is 4.72 Å². The van der Waals surface area contributed by atoms with Gasteiger partial charge in [0, 0.05) is 12.4 Å². The van der Waals surface area contributed by atoms with Gasteiger partial charge >= 0.3 is 0 Å². The fourth-order valence-corrected chi connectivity index (χ4v) is 2.28. The highest BCUT2D eigenvalue weighted by atomic mass is 35.5. The number of sulfonamides is 1. The Bertz CT molecular complexity index is 453. The van der Waals surface area contributed by atoms with Gasteiger partial charge in [-0.2, -0.15) is 0 Å². The highest BCUT2D eigenvalue weighted by Gasteiger charge is 2.13. The van der Waals surface area contributed by atoms with Crippen LogP contribution in [-0.2, 0) is 14.8 Å². The van der Waals surface area contributed by atoms with Gasteiger partial charge in [0.15, 0.2) is 0 Å². The van der Waals surface area contributed by atoms with E-state index in [-0.39, 0.29) is 18.0 Å². The first-order valence-electron chi connectivity index (χ1n) is 4.95. The Morgan fingerprint density at radius 1 is 1.35 bits per heavy atom. The number of benzene rings is 1. The van der Waals surface area contributed by atoms with Gasteiger partial charge in [-0.3, -0.25) is 0 Å². The molecule has 1 rings (SSSR count). The van der Waals surface area contributed by atoms with Crippen molar-refractivity contribution in [1.82, 2.24) is 4.72 Å². The molecule has 1 aromatic carbocycles. The molecular weight excluding hydrogens is 269 g/mol. The topological polar surface area (TPSA) is 55.4 Å². The van der Waals surface area contributed by atoms with E-state index in [9.17, 15) is 12.8 Å². The summed E-state index contributed by atoms with van der Waals surface area (Å²) in [6, 6.07) is 4.81. The third kappa shape index (κ3) is 4.99. The quantitative estimate of drug-likeness (QED) is 0.606. The summed E-state index contributed by atoms with van der Waals surface area (Å²) in [5.41, 5.74) is 0. The second-order valence-corrected chi connectivity index (χ2v) is 5.30. The monoisotopic (exact) mass is 281 g/mol. The second-order valence-electron chi connectivity index (χ2n) is 3.16. The van der Waals surface area contributed by atoms with Gasteiger partial charge in [0.2, 0.25) is 10.0 Å². The van der Waals surface area contributed by atoms with Crippen molar-refractivity contribution in [3.05, 3.63) is 30.1 Å². The van der Waals surface area contributed by atoms with Crippen molar-refractivity contribution in [2.45, 2.75) is 4.90 Å². The molecule has 96 valence electrons. The highest BCUT2D eigenvalue weighted by Crippen LogP contribution is 2.09. The molecule has 17 heavy (non-hydrogen) atoms. The Balaban J connectivity index is 2.51. The standard InChI is InChI=1S/C10H13ClFNO3S/c11-4-6-16-7-5-13-17(14,15)10-3-1-2-9(12)8-10/h1-3,8,13H,4-7H2. The molecule has 0 aliphatic rings. The molecule has 0 aliphatic carbocycles. The first-order valence-corrected chi connectivity index (χ1v) is 6.97. The molecule has 0 atom stereocenters. The normalized spacial score (nSPS) is 11.6. The van der Waals surface area contributed by atoms with Crippen molar-refractivity contribution in [2.75, 3.05) is 25.6 Å². The Kier molecular flexibility index (Phi) is 5.84. The summed E-state index contributed by atoms with van der Waals surface area (Å²) < 4.78 is 43.5. The van der Waals surface area contributed by atoms with Gasteiger partial charge in [-0.1, -0.05) is 6.07 Å². The molecule has 0 spiro atoms. The molecule has 0 unspecified atom stereocenters. The van der Waals surface area contributed by atoms with E-state index in [0.717, 1.165) is 6.07 Å². The third-order valence-corrected chi connectivity index (χ3v) is 3.48. The van der Waals surface area contributed by atoms with Crippen LogP contribution in [0.2, 0.25) is 0 Å². The average molecular weight is 282 g/mol. The Morgan fingerprint density at radius 3 is 2.76 bits per heavy atom. The van der Waals surface area contributed by atoms with Gasteiger partial charge in [-0.25, -0.2) is 17.5 Å². The van der Waals surface area contributed by atoms with E-state index < -0.39 is 15.8 Å². The fourth-order valence-electron chi connectivity index (χ4n) is 1.12. The van der Waals surface area contributed by atoms with Gasteiger partial charge in [0.05, 0.1) is 18.1 Å². The Hall–Kier alpha value is -0.690. The minimum absolute atomic E-state index is 0.102. The first-order chi connectivity index (χ1) is 8.06. The highest BCUT2D eigenvalue weighted by molar-refractivity contribution is 7.89. The summed E-state index contributed by atoms with van der Waals surface area (Å²) in [5, 5.41) is 0. The minimum Gasteiger partial charge on any atom is -0.379 e. The maximum absolute atomic E-state index is 12.9. The molecule has 0 radical (unpaired) electrons. The van der Waals surface area contributed by atoms with E-state index >= 15 is 0 Å². The van der Waals surface area contributed by atoms with E-state index in [4.69, 9.17) is 16.3 Å². The number of nitrogens with one attached hydrogen (secondary N) is 1. The maximum atomic E-state index is 12.9. The van der Waals surface area contributed by atoms with Gasteiger partial charge in [0.1, 0.15) is 5.82 Å². The van der Waals surface area contributed by atoms with Gasteiger partial charge in [0.25, 0.3) is 0 Å². The summed E-state index contributed by atoms with van der Waals surface area (Å²) in [5.74, 6) is -0.234. The summed E-state index contributed by atoms with van der Waals surface area (Å²) in [4.78, 5) is -0.102. The Labute approximate surface area is 105 Å². The van der Waals surface area contributed by atoms with E-state index in [1.165, 1.54) is 18.2 Å². The molecule has 0 aromatic heterocycles. The fraction of sp³-hybridized carbons (Fsp3) is 0.400. The van der Waals surface area contributed by atoms with Crippen LogP contribution in [0.5, 0.6) is 0 Å². The Morgan fingerprint density at radius 2 is 2.12 bits per heavy atom. The van der Waals surface area contributed by atoms with Gasteiger partial charge < -0.3 is 4.74 Å². The molecule has 0 saturated carbocycles. The van der Waals surface area contributed by atoms with E-state index in [0.29, 0.717) is 12.5 Å². The largest absolute Gasteiger partial charge is 0.379 e. The number of hydrogen-bond acceptors (Lipinski definition) is 3. The molecule has 0 saturated heterocycles. The second kappa shape index (κ2) is 6.90. The van der Waals surface area contributed by atoms with Crippen LogP contribution >= 0.6 is 11.6 Å². The zero-order valence-corrected chi connectivity index (χ0v) is 10.6. The summed E-state index contributed by atoms with van der Waals surface area (Å²) in [6.45, 7) is 0.709. The van der Waals surface area contributed by atoms with E-state index in [1.54, 1.807) is 0 Å². The summed E-state index contributed by atoms with van der Waals surface area (Å²) >= 11 is 5.38. The van der Waals surface area contributed by atoms with Crippen molar-refractivity contribution >= 4 is 21.6 Å². The molecule has 1 N–H and O–H groups in total. The lowest BCUT2D eigenvalue weighted by molar-refractivity contribution is 0.155. The van der Waals surface area contributed by atoms with Crippen LogP contribution in [0.1, 0.15) is 0 Å². The van der Waals surface area contributed by atoms with Crippen molar-refractivity contribution in [3.63, 3.8) is 0 Å². The zero-order valence-electron chi connectivity index (χ0n) is 9.03. The summed E-state index contributed by atoms with van der Waals surface area (Å²) in [6.07, 6.45) is 0.